The molecule has 6 heteroatoms. The third-order valence-corrected chi connectivity index (χ3v) is 4.05. The van der Waals surface area contributed by atoms with E-state index in [0.29, 0.717) is 11.4 Å². The Balaban J connectivity index is 1.87. The lowest BCUT2D eigenvalue weighted by molar-refractivity contribution is -0.123. The van der Waals surface area contributed by atoms with E-state index in [1.807, 2.05) is 54.6 Å². The van der Waals surface area contributed by atoms with E-state index in [1.54, 1.807) is 24.1 Å². The molecule has 5 nitrogen and oxygen atoms in total. The highest BCUT2D eigenvalue weighted by molar-refractivity contribution is 9.10. The first kappa shape index (κ1) is 16.3. The van der Waals surface area contributed by atoms with Crippen molar-refractivity contribution in [3.05, 3.63) is 77.0 Å². The highest BCUT2D eigenvalue weighted by Crippen LogP contribution is 2.29. The first-order chi connectivity index (χ1) is 11.6. The second kappa shape index (κ2) is 7.31. The first-order valence-corrected chi connectivity index (χ1v) is 8.18. The molecule has 0 aliphatic heterocycles. The highest BCUT2D eigenvalue weighted by atomic mass is 79.9. The van der Waals surface area contributed by atoms with Gasteiger partial charge in [0.2, 0.25) is 6.10 Å². The number of aryl methyl sites for hydroxylation is 1. The van der Waals surface area contributed by atoms with Crippen molar-refractivity contribution in [3.8, 4) is 5.75 Å². The maximum Gasteiger partial charge on any atom is 0.270 e. The van der Waals surface area contributed by atoms with Crippen molar-refractivity contribution in [1.29, 1.82) is 0 Å². The van der Waals surface area contributed by atoms with Crippen molar-refractivity contribution in [1.82, 2.24) is 9.78 Å². The normalized spacial score (nSPS) is 11.8. The Kier molecular flexibility index (Phi) is 4.96. The van der Waals surface area contributed by atoms with Gasteiger partial charge in [-0.15, -0.1) is 0 Å². The molecule has 0 saturated carbocycles. The summed E-state index contributed by atoms with van der Waals surface area (Å²) < 4.78 is 8.40. The fourth-order valence-corrected chi connectivity index (χ4v) is 2.64. The van der Waals surface area contributed by atoms with Crippen LogP contribution < -0.4 is 10.1 Å². The fourth-order valence-electron chi connectivity index (χ4n) is 2.26. The molecule has 0 aliphatic rings. The number of nitrogens with zero attached hydrogens (tertiary/aromatic N) is 2. The van der Waals surface area contributed by atoms with Crippen LogP contribution in [0, 0.1) is 0 Å². The standard InChI is InChI=1S/C18H16BrN3O2/c1-22-12-14(11-20-22)21-18(23)17(13-7-3-2-4-8-13)24-16-10-6-5-9-15(16)19/h2-12,17H,1H3,(H,21,23). The van der Waals surface area contributed by atoms with Gasteiger partial charge >= 0.3 is 0 Å². The molecule has 1 atom stereocenters. The van der Waals surface area contributed by atoms with Crippen LogP contribution in [0.5, 0.6) is 5.75 Å². The predicted molar refractivity (Wildman–Crippen MR) is 95.8 cm³/mol. The Morgan fingerprint density at radius 3 is 2.54 bits per heavy atom. The molecule has 0 bridgehead atoms. The number of aromatic nitrogens is 2. The molecule has 2 aromatic carbocycles. The van der Waals surface area contributed by atoms with E-state index < -0.39 is 6.10 Å². The summed E-state index contributed by atoms with van der Waals surface area (Å²) in [5.74, 6) is 0.345. The lowest BCUT2D eigenvalue weighted by Gasteiger charge is -2.19. The molecule has 0 saturated heterocycles. The second-order valence-electron chi connectivity index (χ2n) is 5.23. The Morgan fingerprint density at radius 1 is 1.17 bits per heavy atom. The zero-order valence-corrected chi connectivity index (χ0v) is 14.6. The van der Waals surface area contributed by atoms with Crippen molar-refractivity contribution in [3.63, 3.8) is 0 Å². The molecule has 1 aromatic heterocycles. The maximum absolute atomic E-state index is 12.7. The van der Waals surface area contributed by atoms with E-state index in [4.69, 9.17) is 4.74 Å². The lowest BCUT2D eigenvalue weighted by atomic mass is 10.1. The summed E-state index contributed by atoms with van der Waals surface area (Å²) in [4.78, 5) is 12.7. The van der Waals surface area contributed by atoms with Crippen LogP contribution in [0.4, 0.5) is 5.69 Å². The monoisotopic (exact) mass is 385 g/mol. The number of rotatable bonds is 5. The van der Waals surface area contributed by atoms with Crippen molar-refractivity contribution in [2.75, 3.05) is 5.32 Å². The summed E-state index contributed by atoms with van der Waals surface area (Å²) in [7, 11) is 1.79. The van der Waals surface area contributed by atoms with Gasteiger partial charge in [-0.2, -0.15) is 5.10 Å². The average Bonchev–Trinajstić information content (AvgIpc) is 2.99. The van der Waals surface area contributed by atoms with Gasteiger partial charge in [-0.3, -0.25) is 9.48 Å². The number of hydrogen-bond donors (Lipinski definition) is 1. The maximum atomic E-state index is 12.7. The Labute approximate surface area is 148 Å². The molecular weight excluding hydrogens is 370 g/mol. The van der Waals surface area contributed by atoms with Crippen LogP contribution in [-0.2, 0) is 11.8 Å². The van der Waals surface area contributed by atoms with Crippen LogP contribution in [-0.4, -0.2) is 15.7 Å². The zero-order chi connectivity index (χ0) is 16.9. The molecule has 0 fully saturated rings. The summed E-state index contributed by atoms with van der Waals surface area (Å²) >= 11 is 3.45. The van der Waals surface area contributed by atoms with Gasteiger partial charge < -0.3 is 10.1 Å². The molecular formula is C18H16BrN3O2. The number of halogens is 1. The van der Waals surface area contributed by atoms with Gasteiger partial charge in [0.05, 0.1) is 16.4 Å². The topological polar surface area (TPSA) is 56.2 Å². The van der Waals surface area contributed by atoms with Gasteiger partial charge in [-0.05, 0) is 28.1 Å². The van der Waals surface area contributed by atoms with Crippen LogP contribution in [0.1, 0.15) is 11.7 Å². The second-order valence-corrected chi connectivity index (χ2v) is 6.09. The van der Waals surface area contributed by atoms with Gasteiger partial charge in [-0.25, -0.2) is 0 Å². The number of anilines is 1. The minimum absolute atomic E-state index is 0.259. The molecule has 1 amide bonds. The summed E-state index contributed by atoms with van der Waals surface area (Å²) in [5, 5.41) is 6.89. The fraction of sp³-hybridized carbons (Fsp3) is 0.111. The number of benzene rings is 2. The van der Waals surface area contributed by atoms with Crippen molar-refractivity contribution < 1.29 is 9.53 Å². The van der Waals surface area contributed by atoms with E-state index in [9.17, 15) is 4.79 Å². The molecule has 3 aromatic rings. The Hall–Kier alpha value is -2.60. The quantitative estimate of drug-likeness (QED) is 0.723. The summed E-state index contributed by atoms with van der Waals surface area (Å²) in [6.45, 7) is 0. The van der Waals surface area contributed by atoms with E-state index in [-0.39, 0.29) is 5.91 Å². The smallest absolute Gasteiger partial charge is 0.270 e. The van der Waals surface area contributed by atoms with E-state index >= 15 is 0 Å². The van der Waals surface area contributed by atoms with Crippen LogP contribution >= 0.6 is 15.9 Å². The number of ether oxygens (including phenoxy) is 1. The summed E-state index contributed by atoms with van der Waals surface area (Å²) in [5.41, 5.74) is 1.40. The molecule has 0 radical (unpaired) electrons. The number of amides is 1. The van der Waals surface area contributed by atoms with Crippen LogP contribution in [0.15, 0.2) is 71.5 Å². The third kappa shape index (κ3) is 3.83. The summed E-state index contributed by atoms with van der Waals surface area (Å²) in [6.07, 6.45) is 2.56. The molecule has 24 heavy (non-hydrogen) atoms. The molecule has 3 rings (SSSR count). The number of nitrogens with one attached hydrogen (secondary N) is 1. The van der Waals surface area contributed by atoms with Gasteiger partial charge in [0, 0.05) is 18.8 Å². The molecule has 1 N–H and O–H groups in total. The van der Waals surface area contributed by atoms with Crippen LogP contribution in [0.2, 0.25) is 0 Å². The van der Waals surface area contributed by atoms with Crippen molar-refractivity contribution >= 4 is 27.5 Å². The number of hydrogen-bond acceptors (Lipinski definition) is 3. The van der Waals surface area contributed by atoms with Crippen LogP contribution in [0.3, 0.4) is 0 Å². The number of carbonyl (C=O) groups is 1. The molecule has 122 valence electrons. The Morgan fingerprint density at radius 2 is 1.88 bits per heavy atom. The zero-order valence-electron chi connectivity index (χ0n) is 13.0. The summed E-state index contributed by atoms with van der Waals surface area (Å²) in [6, 6.07) is 16.8. The molecule has 1 unspecified atom stereocenters. The number of para-hydroxylation sites is 1. The molecule has 1 heterocycles. The predicted octanol–water partition coefficient (Wildman–Crippen LogP) is 3.94. The third-order valence-electron chi connectivity index (χ3n) is 3.39. The molecule has 0 aliphatic carbocycles. The largest absolute Gasteiger partial charge is 0.475 e. The van der Waals surface area contributed by atoms with Gasteiger partial charge in [0.1, 0.15) is 5.75 Å². The minimum atomic E-state index is -0.773. The van der Waals surface area contributed by atoms with E-state index in [2.05, 4.69) is 26.3 Å². The molecule has 0 spiro atoms. The minimum Gasteiger partial charge on any atom is -0.475 e. The Bertz CT molecular complexity index is 833. The highest BCUT2D eigenvalue weighted by Gasteiger charge is 2.24. The average molecular weight is 386 g/mol. The number of carbonyl (C=O) groups excluding carboxylic acids is 1. The van der Waals surface area contributed by atoms with E-state index in [0.717, 1.165) is 10.0 Å². The lowest BCUT2D eigenvalue weighted by Crippen LogP contribution is -2.25. The van der Waals surface area contributed by atoms with Gasteiger partial charge in [-0.1, -0.05) is 42.5 Å². The SMILES string of the molecule is Cn1cc(NC(=O)C(Oc2ccccc2Br)c2ccccc2)cn1. The van der Waals surface area contributed by atoms with Crippen molar-refractivity contribution in [2.45, 2.75) is 6.10 Å². The van der Waals surface area contributed by atoms with E-state index in [1.165, 1.54) is 0 Å². The van der Waals surface area contributed by atoms with Gasteiger partial charge in [0.25, 0.3) is 5.91 Å². The first-order valence-electron chi connectivity index (χ1n) is 7.39. The van der Waals surface area contributed by atoms with Gasteiger partial charge in [0.15, 0.2) is 0 Å². The van der Waals surface area contributed by atoms with Crippen LogP contribution in [0.25, 0.3) is 0 Å². The van der Waals surface area contributed by atoms with Crippen molar-refractivity contribution in [2.24, 2.45) is 7.05 Å².